The summed E-state index contributed by atoms with van der Waals surface area (Å²) >= 11 is 0. The van der Waals surface area contributed by atoms with Crippen molar-refractivity contribution in [2.75, 3.05) is 5.75 Å². The molecular formula is C8H9N3O2S. The molecule has 0 aromatic heterocycles. The van der Waals surface area contributed by atoms with E-state index in [4.69, 9.17) is 5.53 Å². The molecule has 0 aliphatic rings. The highest BCUT2D eigenvalue weighted by molar-refractivity contribution is 7.89. The number of azide groups is 1. The third-order valence-corrected chi connectivity index (χ3v) is 2.69. The Morgan fingerprint density at radius 3 is 2.50 bits per heavy atom. The van der Waals surface area contributed by atoms with E-state index in [2.05, 4.69) is 9.43 Å². The summed E-state index contributed by atoms with van der Waals surface area (Å²) in [7, 11) is -3.62. The fourth-order valence-corrected chi connectivity index (χ4v) is 1.67. The summed E-state index contributed by atoms with van der Waals surface area (Å²) in [5.41, 5.74) is 8.88. The Morgan fingerprint density at radius 2 is 1.93 bits per heavy atom. The standard InChI is InChI=1S/C8H9N3O2S/c9-10-11-14(12,13)7-6-8-4-2-1-3-5-8/h1-5H,6-7H2. The predicted molar refractivity (Wildman–Crippen MR) is 53.1 cm³/mol. The van der Waals surface area contributed by atoms with Gasteiger partial charge < -0.3 is 0 Å². The number of hydrogen-bond donors (Lipinski definition) is 0. The highest BCUT2D eigenvalue weighted by Crippen LogP contribution is 2.03. The molecular weight excluding hydrogens is 202 g/mol. The zero-order chi connectivity index (χ0) is 10.4. The van der Waals surface area contributed by atoms with Gasteiger partial charge in [0, 0.05) is 9.43 Å². The Balaban J connectivity index is 2.62. The van der Waals surface area contributed by atoms with Crippen LogP contribution >= 0.6 is 0 Å². The molecule has 0 N–H and O–H groups in total. The van der Waals surface area contributed by atoms with Crippen LogP contribution in [0.15, 0.2) is 34.9 Å². The molecule has 0 aliphatic heterocycles. The van der Waals surface area contributed by atoms with Crippen LogP contribution in [0, 0.1) is 0 Å². The highest BCUT2D eigenvalue weighted by atomic mass is 32.2. The van der Waals surface area contributed by atoms with Gasteiger partial charge in [-0.3, -0.25) is 0 Å². The van der Waals surface area contributed by atoms with E-state index in [9.17, 15) is 8.42 Å². The highest BCUT2D eigenvalue weighted by Gasteiger charge is 2.06. The molecule has 0 atom stereocenters. The van der Waals surface area contributed by atoms with E-state index in [1.807, 2.05) is 30.3 Å². The monoisotopic (exact) mass is 211 g/mol. The van der Waals surface area contributed by atoms with Crippen molar-refractivity contribution in [3.8, 4) is 0 Å². The van der Waals surface area contributed by atoms with Crippen molar-refractivity contribution in [2.24, 2.45) is 4.52 Å². The Labute approximate surface area is 82.1 Å². The van der Waals surface area contributed by atoms with Gasteiger partial charge in [-0.15, -0.1) is 0 Å². The second-order valence-electron chi connectivity index (χ2n) is 2.69. The lowest BCUT2D eigenvalue weighted by Crippen LogP contribution is -2.04. The smallest absolute Gasteiger partial charge is 0.221 e. The molecule has 0 saturated heterocycles. The molecule has 0 spiro atoms. The lowest BCUT2D eigenvalue weighted by atomic mass is 10.2. The van der Waals surface area contributed by atoms with Crippen LogP contribution in [0.4, 0.5) is 0 Å². The lowest BCUT2D eigenvalue weighted by molar-refractivity contribution is 0.596. The summed E-state index contributed by atoms with van der Waals surface area (Å²) in [6.45, 7) is 0. The van der Waals surface area contributed by atoms with Crippen LogP contribution in [0.1, 0.15) is 5.56 Å². The van der Waals surface area contributed by atoms with Crippen LogP contribution in [0.3, 0.4) is 0 Å². The minimum Gasteiger partial charge on any atom is -0.221 e. The summed E-state index contributed by atoms with van der Waals surface area (Å²) in [5, 5.41) is 0. The van der Waals surface area contributed by atoms with Crippen LogP contribution in [-0.2, 0) is 16.4 Å². The number of benzene rings is 1. The van der Waals surface area contributed by atoms with Crippen LogP contribution in [0.5, 0.6) is 0 Å². The Hall–Kier alpha value is -1.52. The number of aryl methyl sites for hydroxylation is 1. The van der Waals surface area contributed by atoms with Gasteiger partial charge >= 0.3 is 0 Å². The molecule has 0 aliphatic carbocycles. The lowest BCUT2D eigenvalue weighted by Gasteiger charge is -1.97. The quantitative estimate of drug-likeness (QED) is 0.432. The van der Waals surface area contributed by atoms with Crippen molar-refractivity contribution >= 4 is 10.0 Å². The molecule has 0 heterocycles. The van der Waals surface area contributed by atoms with Crippen molar-refractivity contribution in [3.05, 3.63) is 46.3 Å². The van der Waals surface area contributed by atoms with Crippen molar-refractivity contribution in [2.45, 2.75) is 6.42 Å². The minimum atomic E-state index is -3.62. The van der Waals surface area contributed by atoms with E-state index in [0.717, 1.165) is 5.56 Å². The van der Waals surface area contributed by atoms with Gasteiger partial charge in [0.2, 0.25) is 10.0 Å². The summed E-state index contributed by atoms with van der Waals surface area (Å²) in [4.78, 5) is 2.26. The maximum atomic E-state index is 11.0. The predicted octanol–water partition coefficient (Wildman–Crippen LogP) is 1.87. The first-order valence-electron chi connectivity index (χ1n) is 3.97. The van der Waals surface area contributed by atoms with Crippen molar-refractivity contribution < 1.29 is 8.42 Å². The maximum absolute atomic E-state index is 11.0. The van der Waals surface area contributed by atoms with Crippen LogP contribution in [0.2, 0.25) is 0 Å². The molecule has 1 aromatic carbocycles. The van der Waals surface area contributed by atoms with Crippen molar-refractivity contribution in [1.82, 2.24) is 0 Å². The molecule has 0 bridgehead atoms. The van der Waals surface area contributed by atoms with Gasteiger partial charge in [-0.2, -0.15) is 0 Å². The molecule has 1 aromatic rings. The van der Waals surface area contributed by atoms with E-state index in [0.29, 0.717) is 6.42 Å². The zero-order valence-corrected chi connectivity index (χ0v) is 8.18. The second-order valence-corrected chi connectivity index (χ2v) is 4.43. The first-order valence-corrected chi connectivity index (χ1v) is 5.58. The first kappa shape index (κ1) is 10.6. The second kappa shape index (κ2) is 4.64. The number of rotatable bonds is 4. The topological polar surface area (TPSA) is 82.9 Å². The molecule has 1 rings (SSSR count). The maximum Gasteiger partial charge on any atom is 0.235 e. The van der Waals surface area contributed by atoms with Gasteiger partial charge in [0.15, 0.2) is 0 Å². The van der Waals surface area contributed by atoms with Gasteiger partial charge in [0.05, 0.1) is 5.75 Å². The SMILES string of the molecule is [N-]=[N+]=NS(=O)(=O)CCc1ccccc1. The molecule has 0 radical (unpaired) electrons. The molecule has 0 amide bonds. The normalized spacial score (nSPS) is 10.6. The average molecular weight is 211 g/mol. The van der Waals surface area contributed by atoms with Crippen molar-refractivity contribution in [3.63, 3.8) is 0 Å². The third-order valence-electron chi connectivity index (χ3n) is 1.65. The number of hydrogen-bond acceptors (Lipinski definition) is 2. The summed E-state index contributed by atoms with van der Waals surface area (Å²) in [5.74, 6) is -0.152. The molecule has 6 heteroatoms. The van der Waals surface area contributed by atoms with Crippen LogP contribution in [-0.4, -0.2) is 14.2 Å². The first-order chi connectivity index (χ1) is 6.64. The zero-order valence-electron chi connectivity index (χ0n) is 7.37. The molecule has 0 fully saturated rings. The van der Waals surface area contributed by atoms with Gasteiger partial charge in [0.25, 0.3) is 0 Å². The minimum absolute atomic E-state index is 0.152. The van der Waals surface area contributed by atoms with Gasteiger partial charge in [-0.05, 0) is 17.5 Å². The summed E-state index contributed by atoms with van der Waals surface area (Å²) < 4.78 is 24.7. The Kier molecular flexibility index (Phi) is 3.50. The van der Waals surface area contributed by atoms with Gasteiger partial charge in [-0.1, -0.05) is 30.3 Å². The van der Waals surface area contributed by atoms with Crippen LogP contribution < -0.4 is 0 Å². The molecule has 14 heavy (non-hydrogen) atoms. The number of nitrogens with zero attached hydrogens (tertiary/aromatic N) is 3. The summed E-state index contributed by atoms with van der Waals surface area (Å²) in [6.07, 6.45) is 0.363. The fraction of sp³-hybridized carbons (Fsp3) is 0.250. The van der Waals surface area contributed by atoms with E-state index in [-0.39, 0.29) is 5.75 Å². The van der Waals surface area contributed by atoms with Gasteiger partial charge in [-0.25, -0.2) is 8.42 Å². The molecule has 74 valence electrons. The number of sulfonamides is 1. The van der Waals surface area contributed by atoms with Crippen molar-refractivity contribution in [1.29, 1.82) is 0 Å². The van der Waals surface area contributed by atoms with E-state index in [1.165, 1.54) is 0 Å². The molecule has 0 saturated carbocycles. The average Bonchev–Trinajstić information content (AvgIpc) is 2.17. The Morgan fingerprint density at radius 1 is 1.29 bits per heavy atom. The largest absolute Gasteiger partial charge is 0.235 e. The van der Waals surface area contributed by atoms with Gasteiger partial charge in [0.1, 0.15) is 0 Å². The van der Waals surface area contributed by atoms with Crippen LogP contribution in [0.25, 0.3) is 10.4 Å². The third kappa shape index (κ3) is 3.47. The van der Waals surface area contributed by atoms with E-state index >= 15 is 0 Å². The van der Waals surface area contributed by atoms with E-state index < -0.39 is 10.0 Å². The fourth-order valence-electron chi connectivity index (χ4n) is 0.988. The van der Waals surface area contributed by atoms with E-state index in [1.54, 1.807) is 0 Å². The Bertz CT molecular complexity index is 435. The molecule has 0 unspecified atom stereocenters. The molecule has 5 nitrogen and oxygen atoms in total. The summed E-state index contributed by atoms with van der Waals surface area (Å²) in [6, 6.07) is 9.16.